The van der Waals surface area contributed by atoms with Crippen molar-refractivity contribution >= 4 is 5.91 Å². The van der Waals surface area contributed by atoms with E-state index < -0.39 is 0 Å². The lowest BCUT2D eigenvalue weighted by Crippen LogP contribution is -2.46. The summed E-state index contributed by atoms with van der Waals surface area (Å²) in [4.78, 5) is 18.2. The van der Waals surface area contributed by atoms with Crippen LogP contribution >= 0.6 is 0 Å². The molecule has 1 aliphatic heterocycles. The third-order valence-electron chi connectivity index (χ3n) is 3.41. The van der Waals surface area contributed by atoms with E-state index in [9.17, 15) is 4.79 Å². The van der Waals surface area contributed by atoms with Crippen LogP contribution < -0.4 is 5.32 Å². The first-order valence-electron chi connectivity index (χ1n) is 6.53. The second-order valence-corrected chi connectivity index (χ2v) is 4.79. The summed E-state index contributed by atoms with van der Waals surface area (Å²) < 4.78 is 1.71. The van der Waals surface area contributed by atoms with Crippen molar-refractivity contribution in [1.29, 1.82) is 0 Å². The van der Waals surface area contributed by atoms with Crippen LogP contribution in [-0.2, 0) is 18.4 Å². The first kappa shape index (κ1) is 13.0. The van der Waals surface area contributed by atoms with Gasteiger partial charge in [0.05, 0.1) is 12.6 Å². The molecule has 1 atom stereocenters. The van der Waals surface area contributed by atoms with Crippen LogP contribution in [-0.4, -0.2) is 44.7 Å². The molecule has 0 aliphatic carbocycles. The first-order valence-corrected chi connectivity index (χ1v) is 6.53. The number of nitrogens with one attached hydrogen (secondary N) is 1. The summed E-state index contributed by atoms with van der Waals surface area (Å²) in [5.41, 5.74) is 0. The first-order chi connectivity index (χ1) is 8.68. The van der Waals surface area contributed by atoms with E-state index in [0.29, 0.717) is 6.54 Å². The molecule has 1 aliphatic rings. The quantitative estimate of drug-likeness (QED) is 0.836. The van der Waals surface area contributed by atoms with Gasteiger partial charge in [-0.2, -0.15) is 5.10 Å². The summed E-state index contributed by atoms with van der Waals surface area (Å²) in [7, 11) is 1.85. The molecular formula is C12H21N5O. The highest BCUT2D eigenvalue weighted by atomic mass is 16.2. The van der Waals surface area contributed by atoms with Crippen LogP contribution in [0.5, 0.6) is 0 Å². The van der Waals surface area contributed by atoms with Gasteiger partial charge >= 0.3 is 0 Å². The molecule has 0 saturated carbocycles. The summed E-state index contributed by atoms with van der Waals surface area (Å²) in [5, 5.41) is 7.21. The van der Waals surface area contributed by atoms with Gasteiger partial charge in [0.1, 0.15) is 12.2 Å². The number of rotatable bonds is 4. The molecule has 0 spiro atoms. The summed E-state index contributed by atoms with van der Waals surface area (Å²) in [5.74, 6) is 1.03. The fraction of sp³-hybridized carbons (Fsp3) is 0.750. The molecule has 1 fully saturated rings. The highest BCUT2D eigenvalue weighted by molar-refractivity contribution is 5.81. The van der Waals surface area contributed by atoms with Gasteiger partial charge < -0.3 is 4.90 Å². The van der Waals surface area contributed by atoms with E-state index >= 15 is 0 Å². The topological polar surface area (TPSA) is 63.1 Å². The number of carbonyl (C=O) groups excluding carboxylic acids is 1. The maximum Gasteiger partial charge on any atom is 0.239 e. The van der Waals surface area contributed by atoms with Crippen LogP contribution in [0.15, 0.2) is 6.33 Å². The maximum absolute atomic E-state index is 12.2. The zero-order chi connectivity index (χ0) is 13.0. The smallest absolute Gasteiger partial charge is 0.239 e. The average molecular weight is 251 g/mol. The lowest BCUT2D eigenvalue weighted by molar-refractivity contribution is -0.133. The zero-order valence-electron chi connectivity index (χ0n) is 11.1. The predicted molar refractivity (Wildman–Crippen MR) is 67.7 cm³/mol. The van der Waals surface area contributed by atoms with Crippen molar-refractivity contribution in [2.24, 2.45) is 7.05 Å². The number of piperidine rings is 1. The van der Waals surface area contributed by atoms with Gasteiger partial charge in [-0.25, -0.2) is 4.98 Å². The molecule has 0 aromatic carbocycles. The highest BCUT2D eigenvalue weighted by Crippen LogP contribution is 2.10. The van der Waals surface area contributed by atoms with Crippen LogP contribution in [0.25, 0.3) is 0 Å². The van der Waals surface area contributed by atoms with Crippen molar-refractivity contribution < 1.29 is 4.79 Å². The molecule has 0 radical (unpaired) electrons. The normalized spacial score (nSPS) is 17.8. The third-order valence-corrected chi connectivity index (χ3v) is 3.41. The van der Waals surface area contributed by atoms with E-state index in [2.05, 4.69) is 15.4 Å². The van der Waals surface area contributed by atoms with E-state index in [0.717, 1.165) is 31.8 Å². The van der Waals surface area contributed by atoms with Gasteiger partial charge in [-0.15, -0.1) is 0 Å². The fourth-order valence-corrected chi connectivity index (χ4v) is 2.20. The Morgan fingerprint density at radius 2 is 2.17 bits per heavy atom. The number of carbonyl (C=O) groups is 1. The Morgan fingerprint density at radius 1 is 1.44 bits per heavy atom. The van der Waals surface area contributed by atoms with Gasteiger partial charge in [-0.1, -0.05) is 0 Å². The molecule has 1 N–H and O–H groups in total. The van der Waals surface area contributed by atoms with Crippen molar-refractivity contribution in [3.8, 4) is 0 Å². The molecule has 0 bridgehead atoms. The molecule has 6 heteroatoms. The summed E-state index contributed by atoms with van der Waals surface area (Å²) in [6, 6.07) is -0.167. The zero-order valence-corrected chi connectivity index (χ0v) is 11.1. The van der Waals surface area contributed by atoms with Gasteiger partial charge in [0.25, 0.3) is 0 Å². The van der Waals surface area contributed by atoms with Gasteiger partial charge in [-0.05, 0) is 26.2 Å². The average Bonchev–Trinajstić information content (AvgIpc) is 2.81. The maximum atomic E-state index is 12.2. The van der Waals surface area contributed by atoms with Crippen LogP contribution in [0.3, 0.4) is 0 Å². The summed E-state index contributed by atoms with van der Waals surface area (Å²) in [6.45, 7) is 4.27. The Balaban J connectivity index is 1.82. The van der Waals surface area contributed by atoms with Gasteiger partial charge in [0.2, 0.25) is 5.91 Å². The van der Waals surface area contributed by atoms with E-state index in [1.807, 2.05) is 18.9 Å². The molecule has 18 heavy (non-hydrogen) atoms. The lowest BCUT2D eigenvalue weighted by Gasteiger charge is -2.29. The van der Waals surface area contributed by atoms with Gasteiger partial charge in [0.15, 0.2) is 0 Å². The van der Waals surface area contributed by atoms with E-state index in [-0.39, 0.29) is 11.9 Å². The number of hydrogen-bond acceptors (Lipinski definition) is 4. The third kappa shape index (κ3) is 3.07. The molecular weight excluding hydrogens is 230 g/mol. The summed E-state index contributed by atoms with van der Waals surface area (Å²) in [6.07, 6.45) is 5.02. The van der Waals surface area contributed by atoms with Crippen molar-refractivity contribution in [1.82, 2.24) is 25.0 Å². The van der Waals surface area contributed by atoms with E-state index in [1.165, 1.54) is 12.7 Å². The van der Waals surface area contributed by atoms with Crippen molar-refractivity contribution in [2.45, 2.75) is 38.8 Å². The number of hydrogen-bond donors (Lipinski definition) is 1. The minimum atomic E-state index is -0.167. The highest BCUT2D eigenvalue weighted by Gasteiger charge is 2.21. The van der Waals surface area contributed by atoms with Crippen LogP contribution in [0, 0.1) is 0 Å². The second kappa shape index (κ2) is 5.95. The molecule has 1 saturated heterocycles. The molecule has 1 aromatic heterocycles. The van der Waals surface area contributed by atoms with Gasteiger partial charge in [-0.3, -0.25) is 14.8 Å². The monoisotopic (exact) mass is 251 g/mol. The van der Waals surface area contributed by atoms with Crippen LogP contribution in [0.2, 0.25) is 0 Å². The number of nitrogens with zero attached hydrogens (tertiary/aromatic N) is 4. The standard InChI is InChI=1S/C12H21N5O/c1-10(12(18)17-6-4-3-5-7-17)13-8-11-14-9-15-16(11)2/h9-10,13H,3-8H2,1-2H3. The molecule has 100 valence electrons. The number of aromatic nitrogens is 3. The molecule has 1 aromatic rings. The van der Waals surface area contributed by atoms with E-state index in [1.54, 1.807) is 4.68 Å². The van der Waals surface area contributed by atoms with Crippen molar-refractivity contribution in [3.63, 3.8) is 0 Å². The van der Waals surface area contributed by atoms with Gasteiger partial charge in [0, 0.05) is 20.1 Å². The fourth-order valence-electron chi connectivity index (χ4n) is 2.20. The number of likely N-dealkylation sites (tertiary alicyclic amines) is 1. The molecule has 2 rings (SSSR count). The largest absolute Gasteiger partial charge is 0.341 e. The molecule has 6 nitrogen and oxygen atoms in total. The Kier molecular flexibility index (Phi) is 4.30. The molecule has 2 heterocycles. The minimum Gasteiger partial charge on any atom is -0.341 e. The Labute approximate surface area is 107 Å². The lowest BCUT2D eigenvalue weighted by atomic mass is 10.1. The van der Waals surface area contributed by atoms with Crippen molar-refractivity contribution in [2.75, 3.05) is 13.1 Å². The van der Waals surface area contributed by atoms with Crippen molar-refractivity contribution in [3.05, 3.63) is 12.2 Å². The SMILES string of the molecule is CC(NCc1ncnn1C)C(=O)N1CCCCC1. The Bertz CT molecular complexity index is 397. The van der Waals surface area contributed by atoms with Crippen LogP contribution in [0.4, 0.5) is 0 Å². The van der Waals surface area contributed by atoms with Crippen LogP contribution in [0.1, 0.15) is 32.0 Å². The number of aryl methyl sites for hydroxylation is 1. The Morgan fingerprint density at radius 3 is 2.78 bits per heavy atom. The summed E-state index contributed by atoms with van der Waals surface area (Å²) >= 11 is 0. The Hall–Kier alpha value is -1.43. The van der Waals surface area contributed by atoms with E-state index in [4.69, 9.17) is 0 Å². The minimum absolute atomic E-state index is 0.167. The molecule has 1 amide bonds. The second-order valence-electron chi connectivity index (χ2n) is 4.79. The molecule has 1 unspecified atom stereocenters. The number of amides is 1. The predicted octanol–water partition coefficient (Wildman–Crippen LogP) is 0.306.